The van der Waals surface area contributed by atoms with Crippen molar-refractivity contribution in [3.05, 3.63) is 0 Å². The summed E-state index contributed by atoms with van der Waals surface area (Å²) in [4.78, 5) is 10.4. The van der Waals surface area contributed by atoms with E-state index in [1.807, 2.05) is 6.92 Å². The zero-order chi connectivity index (χ0) is 9.07. The van der Waals surface area contributed by atoms with E-state index in [-0.39, 0.29) is 0 Å². The molecule has 0 fully saturated rings. The second-order valence-corrected chi connectivity index (χ2v) is 3.48. The van der Waals surface area contributed by atoms with Crippen LogP contribution in [0.3, 0.4) is 0 Å². The maximum atomic E-state index is 10.4. The molecule has 2 N–H and O–H groups in total. The predicted molar refractivity (Wildman–Crippen MR) is 42.3 cm³/mol. The van der Waals surface area contributed by atoms with Crippen molar-refractivity contribution in [3.63, 3.8) is 0 Å². The first-order valence-electron chi connectivity index (χ1n) is 3.82. The van der Waals surface area contributed by atoms with Gasteiger partial charge in [0.15, 0.2) is 6.10 Å². The van der Waals surface area contributed by atoms with Gasteiger partial charge < -0.3 is 10.2 Å². The maximum absolute atomic E-state index is 10.4. The number of aliphatic hydroxyl groups is 1. The summed E-state index contributed by atoms with van der Waals surface area (Å²) in [5, 5.41) is 17.7. The molecule has 11 heavy (non-hydrogen) atoms. The Balaban J connectivity index is 4.16. The van der Waals surface area contributed by atoms with Crippen LogP contribution in [-0.4, -0.2) is 22.3 Å². The average Bonchev–Trinajstić information content (AvgIpc) is 1.86. The van der Waals surface area contributed by atoms with Crippen LogP contribution in [0, 0.1) is 5.41 Å². The van der Waals surface area contributed by atoms with E-state index < -0.39 is 17.5 Å². The first-order valence-corrected chi connectivity index (χ1v) is 3.82. The molecule has 3 heteroatoms. The third-order valence-electron chi connectivity index (χ3n) is 1.87. The number of rotatable bonds is 4. The van der Waals surface area contributed by atoms with Crippen LogP contribution in [0.5, 0.6) is 0 Å². The Labute approximate surface area is 67.0 Å². The minimum absolute atomic E-state index is 0.513. The molecule has 0 spiro atoms. The summed E-state index contributed by atoms with van der Waals surface area (Å²) in [5.41, 5.74) is -0.513. The Morgan fingerprint density at radius 2 is 2.00 bits per heavy atom. The van der Waals surface area contributed by atoms with E-state index in [4.69, 9.17) is 5.11 Å². The van der Waals surface area contributed by atoms with Gasteiger partial charge in [-0.05, 0) is 6.42 Å². The molecule has 0 amide bonds. The standard InChI is InChI=1S/C8H16O3/c1-4-5-8(2,3)6(9)7(10)11/h6,9H,4-5H2,1-3H3,(H,10,11). The van der Waals surface area contributed by atoms with Crippen molar-refractivity contribution in [1.82, 2.24) is 0 Å². The Morgan fingerprint density at radius 1 is 1.55 bits per heavy atom. The number of hydrogen-bond acceptors (Lipinski definition) is 2. The molecule has 0 aromatic heterocycles. The second kappa shape index (κ2) is 3.72. The normalized spacial score (nSPS) is 14.5. The average molecular weight is 160 g/mol. The minimum Gasteiger partial charge on any atom is -0.479 e. The Bertz CT molecular complexity index is 140. The molecular formula is C8H16O3. The number of aliphatic hydroxyl groups excluding tert-OH is 1. The van der Waals surface area contributed by atoms with E-state index in [1.54, 1.807) is 13.8 Å². The summed E-state index contributed by atoms with van der Waals surface area (Å²) >= 11 is 0. The van der Waals surface area contributed by atoms with Gasteiger partial charge >= 0.3 is 5.97 Å². The van der Waals surface area contributed by atoms with Crippen LogP contribution in [0.25, 0.3) is 0 Å². The van der Waals surface area contributed by atoms with Crippen LogP contribution < -0.4 is 0 Å². The van der Waals surface area contributed by atoms with Crippen molar-refractivity contribution in [2.75, 3.05) is 0 Å². The summed E-state index contributed by atoms with van der Waals surface area (Å²) < 4.78 is 0. The van der Waals surface area contributed by atoms with Crippen LogP contribution in [-0.2, 0) is 4.79 Å². The smallest absolute Gasteiger partial charge is 0.333 e. The minimum atomic E-state index is -1.25. The Kier molecular flexibility index (Phi) is 3.52. The van der Waals surface area contributed by atoms with Gasteiger partial charge in [0.05, 0.1) is 0 Å². The molecule has 0 bridgehead atoms. The highest BCUT2D eigenvalue weighted by atomic mass is 16.4. The molecule has 0 saturated heterocycles. The van der Waals surface area contributed by atoms with Gasteiger partial charge in [0, 0.05) is 5.41 Å². The van der Waals surface area contributed by atoms with E-state index in [0.29, 0.717) is 0 Å². The fourth-order valence-corrected chi connectivity index (χ4v) is 1.12. The fourth-order valence-electron chi connectivity index (χ4n) is 1.12. The zero-order valence-corrected chi connectivity index (χ0v) is 7.29. The molecule has 1 atom stereocenters. The number of hydrogen-bond donors (Lipinski definition) is 2. The summed E-state index contributed by atoms with van der Waals surface area (Å²) in [6.07, 6.45) is 0.361. The lowest BCUT2D eigenvalue weighted by atomic mass is 9.82. The molecule has 3 nitrogen and oxygen atoms in total. The molecular weight excluding hydrogens is 144 g/mol. The van der Waals surface area contributed by atoms with Gasteiger partial charge in [-0.15, -0.1) is 0 Å². The van der Waals surface area contributed by atoms with Crippen molar-refractivity contribution in [2.24, 2.45) is 5.41 Å². The number of aliphatic carboxylic acids is 1. The van der Waals surface area contributed by atoms with Gasteiger partial charge in [0.1, 0.15) is 0 Å². The van der Waals surface area contributed by atoms with Gasteiger partial charge in [0.2, 0.25) is 0 Å². The van der Waals surface area contributed by atoms with Gasteiger partial charge in [-0.2, -0.15) is 0 Å². The molecule has 0 aromatic carbocycles. The van der Waals surface area contributed by atoms with Crippen LogP contribution in [0.2, 0.25) is 0 Å². The van der Waals surface area contributed by atoms with Gasteiger partial charge in [-0.3, -0.25) is 0 Å². The van der Waals surface area contributed by atoms with Crippen LogP contribution in [0.1, 0.15) is 33.6 Å². The second-order valence-electron chi connectivity index (χ2n) is 3.48. The monoisotopic (exact) mass is 160 g/mol. The fraction of sp³-hybridized carbons (Fsp3) is 0.875. The van der Waals surface area contributed by atoms with Gasteiger partial charge in [-0.1, -0.05) is 27.2 Å². The van der Waals surface area contributed by atoms with Gasteiger partial charge in [-0.25, -0.2) is 4.79 Å². The quantitative estimate of drug-likeness (QED) is 0.651. The lowest BCUT2D eigenvalue weighted by Crippen LogP contribution is -2.36. The Morgan fingerprint density at radius 3 is 2.27 bits per heavy atom. The van der Waals surface area contributed by atoms with E-state index in [1.165, 1.54) is 0 Å². The molecule has 0 aliphatic carbocycles. The first-order chi connectivity index (χ1) is 4.91. The molecule has 0 saturated carbocycles. The molecule has 0 aromatic rings. The molecule has 0 radical (unpaired) electrons. The van der Waals surface area contributed by atoms with Gasteiger partial charge in [0.25, 0.3) is 0 Å². The highest BCUT2D eigenvalue weighted by Gasteiger charge is 2.32. The predicted octanol–water partition coefficient (Wildman–Crippen LogP) is 1.26. The van der Waals surface area contributed by atoms with E-state index in [9.17, 15) is 9.90 Å². The summed E-state index contributed by atoms with van der Waals surface area (Å²) in [5.74, 6) is -1.14. The number of carbonyl (C=O) groups is 1. The molecule has 0 heterocycles. The summed E-state index contributed by atoms with van der Waals surface area (Å²) in [6.45, 7) is 5.49. The van der Waals surface area contributed by atoms with E-state index >= 15 is 0 Å². The van der Waals surface area contributed by atoms with Crippen LogP contribution in [0.15, 0.2) is 0 Å². The molecule has 0 rings (SSSR count). The highest BCUT2D eigenvalue weighted by Crippen LogP contribution is 2.26. The third-order valence-corrected chi connectivity index (χ3v) is 1.87. The number of carboxylic acids is 1. The highest BCUT2D eigenvalue weighted by molar-refractivity contribution is 5.72. The topological polar surface area (TPSA) is 57.5 Å². The maximum Gasteiger partial charge on any atom is 0.333 e. The van der Waals surface area contributed by atoms with Crippen molar-refractivity contribution in [3.8, 4) is 0 Å². The van der Waals surface area contributed by atoms with Crippen LogP contribution in [0.4, 0.5) is 0 Å². The molecule has 66 valence electrons. The Hall–Kier alpha value is -0.570. The molecule has 0 aliphatic heterocycles. The molecule has 1 unspecified atom stereocenters. The summed E-state index contributed by atoms with van der Waals surface area (Å²) in [6, 6.07) is 0. The zero-order valence-electron chi connectivity index (χ0n) is 7.29. The van der Waals surface area contributed by atoms with Crippen molar-refractivity contribution in [2.45, 2.75) is 39.7 Å². The third kappa shape index (κ3) is 2.89. The van der Waals surface area contributed by atoms with Crippen molar-refractivity contribution < 1.29 is 15.0 Å². The van der Waals surface area contributed by atoms with E-state index in [0.717, 1.165) is 12.8 Å². The summed E-state index contributed by atoms with van der Waals surface area (Å²) in [7, 11) is 0. The van der Waals surface area contributed by atoms with Crippen molar-refractivity contribution in [1.29, 1.82) is 0 Å². The van der Waals surface area contributed by atoms with E-state index in [2.05, 4.69) is 0 Å². The van der Waals surface area contributed by atoms with Crippen molar-refractivity contribution >= 4 is 5.97 Å². The SMILES string of the molecule is CCCC(C)(C)C(O)C(=O)O. The lowest BCUT2D eigenvalue weighted by Gasteiger charge is -2.26. The van der Waals surface area contributed by atoms with Crippen LogP contribution >= 0.6 is 0 Å². The molecule has 0 aliphatic rings. The largest absolute Gasteiger partial charge is 0.479 e. The number of carboxylic acid groups (broad SMARTS) is 1. The lowest BCUT2D eigenvalue weighted by molar-refractivity contribution is -0.153. The first kappa shape index (κ1) is 10.4.